The number of nitrogens with zero attached hydrogens (tertiary/aromatic N) is 1. The zero-order valence-electron chi connectivity index (χ0n) is 18.6. The topological polar surface area (TPSA) is 73.5 Å². The van der Waals surface area contributed by atoms with Gasteiger partial charge in [0.15, 0.2) is 0 Å². The zero-order chi connectivity index (χ0) is 25.4. The Kier molecular flexibility index (Phi) is 6.19. The van der Waals surface area contributed by atoms with Crippen molar-refractivity contribution in [2.75, 3.05) is 5.32 Å². The molecule has 36 heavy (non-hydrogen) atoms. The number of hydrogen-bond acceptors (Lipinski definition) is 4. The highest BCUT2D eigenvalue weighted by molar-refractivity contribution is 6.30. The Bertz CT molecular complexity index is 1330. The summed E-state index contributed by atoms with van der Waals surface area (Å²) in [6, 6.07) is 19.5. The Balaban J connectivity index is 1.44. The number of rotatable bonds is 4. The van der Waals surface area contributed by atoms with Crippen molar-refractivity contribution in [2.24, 2.45) is 0 Å². The molecule has 2 heterocycles. The number of fused-ring (bicyclic) bond motifs is 1. The van der Waals surface area contributed by atoms with E-state index in [1.54, 1.807) is 54.6 Å². The molecule has 2 aliphatic heterocycles. The number of amides is 2. The number of anilines is 1. The van der Waals surface area contributed by atoms with Crippen molar-refractivity contribution in [3.63, 3.8) is 0 Å². The van der Waals surface area contributed by atoms with Crippen LogP contribution in [-0.2, 0) is 4.79 Å². The molecule has 0 bridgehead atoms. The van der Waals surface area contributed by atoms with Crippen LogP contribution in [0.4, 0.5) is 18.9 Å². The average Bonchev–Trinajstić information content (AvgIpc) is 3.26. The molecule has 6 nitrogen and oxygen atoms in total. The highest BCUT2D eigenvalue weighted by atomic mass is 35.5. The molecular formula is C26H20ClF3N4O2. The molecule has 0 radical (unpaired) electrons. The van der Waals surface area contributed by atoms with E-state index in [1.165, 1.54) is 30.3 Å². The maximum absolute atomic E-state index is 14.0. The van der Waals surface area contributed by atoms with E-state index in [0.29, 0.717) is 33.1 Å². The summed E-state index contributed by atoms with van der Waals surface area (Å²) in [6.07, 6.45) is -4.38. The van der Waals surface area contributed by atoms with E-state index in [0.717, 1.165) is 5.01 Å². The molecule has 0 saturated carbocycles. The third-order valence-electron chi connectivity index (χ3n) is 6.14. The maximum atomic E-state index is 14.0. The van der Waals surface area contributed by atoms with Gasteiger partial charge in [-0.25, -0.2) is 5.43 Å². The lowest BCUT2D eigenvalue weighted by molar-refractivity contribution is -0.161. The SMILES string of the molecule is O=C(Nc1cccc(C2=CC(=O)N3NC(C(F)(F)F)C(c4ccc(Cl)cc4)C3N2)c1)c1ccccc1. The molecule has 0 spiro atoms. The Labute approximate surface area is 209 Å². The first-order valence-corrected chi connectivity index (χ1v) is 11.4. The number of carbonyl (C=O) groups excluding carboxylic acids is 2. The summed E-state index contributed by atoms with van der Waals surface area (Å²) >= 11 is 5.94. The van der Waals surface area contributed by atoms with Gasteiger partial charge in [-0.1, -0.05) is 54.1 Å². The van der Waals surface area contributed by atoms with E-state index in [1.807, 2.05) is 0 Å². The van der Waals surface area contributed by atoms with Gasteiger partial charge in [-0.05, 0) is 47.5 Å². The van der Waals surface area contributed by atoms with Gasteiger partial charge in [-0.3, -0.25) is 14.6 Å². The molecule has 1 fully saturated rings. The monoisotopic (exact) mass is 512 g/mol. The first-order chi connectivity index (χ1) is 17.2. The number of hydrogen-bond donors (Lipinski definition) is 3. The van der Waals surface area contributed by atoms with Gasteiger partial charge in [0, 0.05) is 28.0 Å². The lowest BCUT2D eigenvalue weighted by atomic mass is 9.89. The number of benzene rings is 3. The van der Waals surface area contributed by atoms with Crippen LogP contribution < -0.4 is 16.1 Å². The molecule has 184 valence electrons. The lowest BCUT2D eigenvalue weighted by Crippen LogP contribution is -2.53. The molecule has 3 aromatic rings. The Hall–Kier alpha value is -3.82. The summed E-state index contributed by atoms with van der Waals surface area (Å²) < 4.78 is 41.9. The molecule has 3 aromatic carbocycles. The molecule has 3 atom stereocenters. The van der Waals surface area contributed by atoms with Gasteiger partial charge < -0.3 is 10.6 Å². The fraction of sp³-hybridized carbons (Fsp3) is 0.154. The third kappa shape index (κ3) is 4.67. The Morgan fingerprint density at radius 1 is 0.972 bits per heavy atom. The molecule has 2 amide bonds. The smallest absolute Gasteiger partial charge is 0.363 e. The number of nitrogens with one attached hydrogen (secondary N) is 3. The molecule has 0 aromatic heterocycles. The van der Waals surface area contributed by atoms with Crippen LogP contribution in [0.1, 0.15) is 27.4 Å². The van der Waals surface area contributed by atoms with Gasteiger partial charge in [-0.2, -0.15) is 13.2 Å². The van der Waals surface area contributed by atoms with Crippen LogP contribution in [0, 0.1) is 0 Å². The average molecular weight is 513 g/mol. The predicted octanol–water partition coefficient (Wildman–Crippen LogP) is 4.92. The molecular weight excluding hydrogens is 493 g/mol. The molecule has 1 saturated heterocycles. The summed E-state index contributed by atoms with van der Waals surface area (Å²) in [5, 5.41) is 7.27. The first-order valence-electron chi connectivity index (χ1n) is 11.1. The van der Waals surface area contributed by atoms with Crippen molar-refractivity contribution in [1.82, 2.24) is 15.8 Å². The highest BCUT2D eigenvalue weighted by Gasteiger charge is 2.57. The van der Waals surface area contributed by atoms with Gasteiger partial charge in [0.2, 0.25) is 0 Å². The van der Waals surface area contributed by atoms with Crippen LogP contribution >= 0.6 is 11.6 Å². The summed E-state index contributed by atoms with van der Waals surface area (Å²) in [7, 11) is 0. The second-order valence-corrected chi connectivity index (χ2v) is 8.92. The lowest BCUT2D eigenvalue weighted by Gasteiger charge is -2.33. The number of carbonyl (C=O) groups is 2. The minimum atomic E-state index is -4.61. The number of hydrazine groups is 1. The minimum Gasteiger partial charge on any atom is -0.363 e. The van der Waals surface area contributed by atoms with Crippen molar-refractivity contribution in [3.8, 4) is 0 Å². The fourth-order valence-corrected chi connectivity index (χ4v) is 4.59. The normalized spacial score (nSPS) is 21.4. The molecule has 3 unspecified atom stereocenters. The van der Waals surface area contributed by atoms with Gasteiger partial charge in [0.1, 0.15) is 12.2 Å². The number of halogens is 4. The molecule has 5 rings (SSSR count). The van der Waals surface area contributed by atoms with Crippen molar-refractivity contribution in [2.45, 2.75) is 24.3 Å². The van der Waals surface area contributed by atoms with Crippen LogP contribution in [0.5, 0.6) is 0 Å². The molecule has 0 aliphatic carbocycles. The van der Waals surface area contributed by atoms with Crippen LogP contribution in [-0.4, -0.2) is 35.2 Å². The van der Waals surface area contributed by atoms with Crippen molar-refractivity contribution < 1.29 is 22.8 Å². The largest absolute Gasteiger partial charge is 0.406 e. The summed E-state index contributed by atoms with van der Waals surface area (Å²) in [5.41, 5.74) is 4.56. The minimum absolute atomic E-state index is 0.309. The van der Waals surface area contributed by atoms with Crippen molar-refractivity contribution in [1.29, 1.82) is 0 Å². The fourth-order valence-electron chi connectivity index (χ4n) is 4.46. The van der Waals surface area contributed by atoms with Crippen LogP contribution in [0.15, 0.2) is 84.9 Å². The van der Waals surface area contributed by atoms with E-state index in [2.05, 4.69) is 16.1 Å². The Morgan fingerprint density at radius 2 is 1.69 bits per heavy atom. The van der Waals surface area contributed by atoms with E-state index >= 15 is 0 Å². The van der Waals surface area contributed by atoms with Crippen LogP contribution in [0.2, 0.25) is 5.02 Å². The first kappa shape index (κ1) is 23.9. The third-order valence-corrected chi connectivity index (χ3v) is 6.39. The second-order valence-electron chi connectivity index (χ2n) is 8.48. The van der Waals surface area contributed by atoms with Crippen molar-refractivity contribution >= 4 is 34.8 Å². The van der Waals surface area contributed by atoms with Gasteiger partial charge in [-0.15, -0.1) is 0 Å². The van der Waals surface area contributed by atoms with E-state index in [9.17, 15) is 22.8 Å². The molecule has 10 heteroatoms. The van der Waals surface area contributed by atoms with Crippen LogP contribution in [0.25, 0.3) is 5.70 Å². The predicted molar refractivity (Wildman–Crippen MR) is 130 cm³/mol. The van der Waals surface area contributed by atoms with E-state index < -0.39 is 30.2 Å². The van der Waals surface area contributed by atoms with E-state index in [4.69, 9.17) is 11.6 Å². The highest BCUT2D eigenvalue weighted by Crippen LogP contribution is 2.41. The van der Waals surface area contributed by atoms with Gasteiger partial charge in [0.25, 0.3) is 11.8 Å². The van der Waals surface area contributed by atoms with Gasteiger partial charge >= 0.3 is 6.18 Å². The maximum Gasteiger partial charge on any atom is 0.406 e. The molecule has 2 aliphatic rings. The number of alkyl halides is 3. The van der Waals surface area contributed by atoms with Crippen molar-refractivity contribution in [3.05, 3.63) is 107 Å². The van der Waals surface area contributed by atoms with Gasteiger partial charge in [0.05, 0.1) is 5.92 Å². The summed E-state index contributed by atoms with van der Waals surface area (Å²) in [6.45, 7) is 0. The summed E-state index contributed by atoms with van der Waals surface area (Å²) in [5.74, 6) is -2.05. The summed E-state index contributed by atoms with van der Waals surface area (Å²) in [4.78, 5) is 25.4. The molecule has 3 N–H and O–H groups in total. The zero-order valence-corrected chi connectivity index (χ0v) is 19.3. The van der Waals surface area contributed by atoms with Crippen LogP contribution in [0.3, 0.4) is 0 Å². The van der Waals surface area contributed by atoms with E-state index in [-0.39, 0.29) is 5.91 Å². The standard InChI is InChI=1S/C26H20ClF3N4O2/c27-18-11-9-15(10-12-18)22-23(26(28,29)30)33-34-21(35)14-20(32-24(22)34)17-7-4-8-19(13-17)31-25(36)16-5-2-1-3-6-16/h1-14,22-24,32-33H,(H,31,36). The second kappa shape index (κ2) is 9.33. The quantitative estimate of drug-likeness (QED) is 0.464. The Morgan fingerprint density at radius 3 is 2.39 bits per heavy atom.